The zero-order valence-electron chi connectivity index (χ0n) is 22.0. The SMILES string of the molecule is CC1(O)CCN(c2ccc(-c3cc(COc4cc5c(cn4)C4C(C5)C4C(=O)O)c(F)cc3C(F)(F)F)c(F)c2)CC1. The topological polar surface area (TPSA) is 82.9 Å². The van der Waals surface area contributed by atoms with Gasteiger partial charge in [0.1, 0.15) is 18.2 Å². The van der Waals surface area contributed by atoms with E-state index in [9.17, 15) is 32.6 Å². The second kappa shape index (κ2) is 9.68. The van der Waals surface area contributed by atoms with Gasteiger partial charge in [-0.15, -0.1) is 0 Å². The molecule has 6 rings (SSSR count). The normalized spacial score (nSPS) is 22.7. The van der Waals surface area contributed by atoms with E-state index in [1.54, 1.807) is 13.0 Å². The Morgan fingerprint density at radius 2 is 1.83 bits per heavy atom. The molecule has 2 aliphatic carbocycles. The fourth-order valence-corrected chi connectivity index (χ4v) is 6.19. The summed E-state index contributed by atoms with van der Waals surface area (Å²) in [5, 5.41) is 19.4. The number of piperidine rings is 1. The predicted molar refractivity (Wildman–Crippen MR) is 138 cm³/mol. The number of benzene rings is 2. The van der Waals surface area contributed by atoms with Gasteiger partial charge in [0.15, 0.2) is 0 Å². The molecule has 1 saturated carbocycles. The van der Waals surface area contributed by atoms with Gasteiger partial charge >= 0.3 is 12.1 Å². The molecule has 2 aromatic carbocycles. The average molecular weight is 575 g/mol. The summed E-state index contributed by atoms with van der Waals surface area (Å²) in [4.78, 5) is 17.3. The molecule has 11 heteroatoms. The lowest BCUT2D eigenvalue weighted by Crippen LogP contribution is -2.42. The zero-order chi connectivity index (χ0) is 29.3. The summed E-state index contributed by atoms with van der Waals surface area (Å²) in [6.45, 7) is 2.22. The Morgan fingerprint density at radius 3 is 2.49 bits per heavy atom. The minimum atomic E-state index is -4.94. The molecule has 6 nitrogen and oxygen atoms in total. The lowest BCUT2D eigenvalue weighted by molar-refractivity contribution is -0.139. The third kappa shape index (κ3) is 5.11. The van der Waals surface area contributed by atoms with Crippen LogP contribution in [0.15, 0.2) is 42.6 Å². The van der Waals surface area contributed by atoms with Gasteiger partial charge in [-0.25, -0.2) is 13.8 Å². The van der Waals surface area contributed by atoms with Crippen LogP contribution in [-0.2, 0) is 24.0 Å². The molecule has 1 aromatic heterocycles. The number of carboxylic acid groups (broad SMARTS) is 1. The summed E-state index contributed by atoms with van der Waals surface area (Å²) in [6, 6.07) is 6.87. The van der Waals surface area contributed by atoms with Crippen LogP contribution >= 0.6 is 0 Å². The van der Waals surface area contributed by atoms with Crippen molar-refractivity contribution in [3.05, 3.63) is 76.5 Å². The highest BCUT2D eigenvalue weighted by Gasteiger charge is 2.60. The molecule has 1 aliphatic heterocycles. The first-order valence-electron chi connectivity index (χ1n) is 13.3. The van der Waals surface area contributed by atoms with Crippen LogP contribution in [0, 0.1) is 23.5 Å². The van der Waals surface area contributed by atoms with Crippen LogP contribution in [0.2, 0.25) is 0 Å². The number of nitrogens with zero attached hydrogens (tertiary/aromatic N) is 2. The van der Waals surface area contributed by atoms with Gasteiger partial charge in [-0.2, -0.15) is 13.2 Å². The molecule has 2 heterocycles. The monoisotopic (exact) mass is 574 g/mol. The van der Waals surface area contributed by atoms with E-state index in [2.05, 4.69) is 4.98 Å². The second-order valence-corrected chi connectivity index (χ2v) is 11.4. The molecule has 0 amide bonds. The first-order valence-corrected chi connectivity index (χ1v) is 13.3. The van der Waals surface area contributed by atoms with Crippen molar-refractivity contribution < 1.29 is 41.7 Å². The largest absolute Gasteiger partial charge is 0.481 e. The molecule has 1 saturated heterocycles. The lowest BCUT2D eigenvalue weighted by Gasteiger charge is -2.37. The molecule has 3 aromatic rings. The first kappa shape index (κ1) is 27.4. The predicted octanol–water partition coefficient (Wildman–Crippen LogP) is 5.95. The van der Waals surface area contributed by atoms with E-state index in [1.165, 1.54) is 18.3 Å². The van der Waals surface area contributed by atoms with Crippen molar-refractivity contribution in [2.45, 2.75) is 50.5 Å². The van der Waals surface area contributed by atoms with Crippen molar-refractivity contribution in [1.82, 2.24) is 4.98 Å². The van der Waals surface area contributed by atoms with E-state index in [4.69, 9.17) is 4.74 Å². The number of hydrogen-bond acceptors (Lipinski definition) is 5. The Labute approximate surface area is 232 Å². The molecule has 0 radical (unpaired) electrons. The summed E-state index contributed by atoms with van der Waals surface area (Å²) in [7, 11) is 0. The van der Waals surface area contributed by atoms with E-state index < -0.39 is 53.0 Å². The number of halogens is 5. The summed E-state index contributed by atoms with van der Waals surface area (Å²) in [6.07, 6.45) is -1.90. The van der Waals surface area contributed by atoms with Gasteiger partial charge in [0.05, 0.1) is 17.1 Å². The fourth-order valence-electron chi connectivity index (χ4n) is 6.19. The third-order valence-electron chi connectivity index (χ3n) is 8.58. The number of rotatable bonds is 6. The Kier molecular flexibility index (Phi) is 6.48. The van der Waals surface area contributed by atoms with Crippen LogP contribution in [0.3, 0.4) is 0 Å². The summed E-state index contributed by atoms with van der Waals surface area (Å²) >= 11 is 0. The molecule has 2 fully saturated rings. The summed E-state index contributed by atoms with van der Waals surface area (Å²) in [5.74, 6) is -3.22. The van der Waals surface area contributed by atoms with Crippen molar-refractivity contribution in [1.29, 1.82) is 0 Å². The number of fused-ring (bicyclic) bond motifs is 3. The molecule has 2 N–H and O–H groups in total. The number of aromatic nitrogens is 1. The molecule has 3 unspecified atom stereocenters. The molecule has 3 aliphatic rings. The van der Waals surface area contributed by atoms with E-state index >= 15 is 4.39 Å². The Balaban J connectivity index is 1.25. The molecule has 0 bridgehead atoms. The Bertz CT molecular complexity index is 1530. The minimum Gasteiger partial charge on any atom is -0.481 e. The summed E-state index contributed by atoms with van der Waals surface area (Å²) < 4.78 is 77.5. The van der Waals surface area contributed by atoms with Crippen LogP contribution in [-0.4, -0.2) is 39.9 Å². The summed E-state index contributed by atoms with van der Waals surface area (Å²) in [5.41, 5.74) is -0.951. The number of pyridine rings is 1. The van der Waals surface area contributed by atoms with E-state index in [0.717, 1.165) is 23.3 Å². The highest BCUT2D eigenvalue weighted by Crippen LogP contribution is 2.61. The van der Waals surface area contributed by atoms with Gasteiger partial charge in [-0.3, -0.25) is 4.79 Å². The Morgan fingerprint density at radius 1 is 1.10 bits per heavy atom. The maximum absolute atomic E-state index is 15.3. The fraction of sp³-hybridized carbons (Fsp3) is 0.400. The van der Waals surface area contributed by atoms with Crippen molar-refractivity contribution in [3.8, 4) is 17.0 Å². The van der Waals surface area contributed by atoms with Crippen LogP contribution in [0.1, 0.15) is 47.9 Å². The Hall–Kier alpha value is -3.73. The number of aliphatic hydroxyl groups is 1. The third-order valence-corrected chi connectivity index (χ3v) is 8.58. The van der Waals surface area contributed by atoms with Gasteiger partial charge in [-0.05, 0) is 79.1 Å². The molecule has 0 spiro atoms. The maximum atomic E-state index is 15.3. The molecule has 3 atom stereocenters. The van der Waals surface area contributed by atoms with Crippen LogP contribution in [0.4, 0.5) is 27.6 Å². The van der Waals surface area contributed by atoms with Crippen LogP contribution < -0.4 is 9.64 Å². The van der Waals surface area contributed by atoms with E-state index in [1.807, 2.05) is 4.90 Å². The number of anilines is 1. The van der Waals surface area contributed by atoms with Gasteiger partial charge in [0.25, 0.3) is 0 Å². The minimum absolute atomic E-state index is 0.0144. The van der Waals surface area contributed by atoms with Gasteiger partial charge < -0.3 is 19.8 Å². The highest BCUT2D eigenvalue weighted by molar-refractivity contribution is 5.78. The second-order valence-electron chi connectivity index (χ2n) is 11.4. The number of alkyl halides is 3. The van der Waals surface area contributed by atoms with Crippen LogP contribution in [0.25, 0.3) is 11.1 Å². The van der Waals surface area contributed by atoms with Gasteiger partial charge in [-0.1, -0.05) is 0 Å². The number of aliphatic carboxylic acids is 1. The van der Waals surface area contributed by atoms with Gasteiger partial charge in [0, 0.05) is 48.1 Å². The molecular formula is C30H27F5N2O4. The van der Waals surface area contributed by atoms with Crippen molar-refractivity contribution in [2.75, 3.05) is 18.0 Å². The number of ether oxygens (including phenoxy) is 1. The van der Waals surface area contributed by atoms with Crippen molar-refractivity contribution >= 4 is 11.7 Å². The smallest absolute Gasteiger partial charge is 0.417 e. The standard InChI is InChI=1S/C30H27F5N2O4/c1-29(40)4-6-37(7-5-29)17-2-3-18(24(32)11-17)19-9-16(23(31)12-22(19)30(33,34)35)14-41-25-10-15-8-20-26(21(15)13-36-25)27(20)28(38)39/h2-3,9-13,20,26-27,40H,4-8,14H2,1H3,(H,38,39). The molecule has 41 heavy (non-hydrogen) atoms. The number of hydrogen-bond donors (Lipinski definition) is 2. The average Bonchev–Trinajstić information content (AvgIpc) is 3.49. The lowest BCUT2D eigenvalue weighted by atomic mass is 9.93. The first-order chi connectivity index (χ1) is 19.3. The number of carbonyl (C=O) groups is 1. The quantitative estimate of drug-likeness (QED) is 0.355. The van der Waals surface area contributed by atoms with Crippen molar-refractivity contribution in [2.24, 2.45) is 11.8 Å². The highest BCUT2D eigenvalue weighted by atomic mass is 19.4. The molecule has 216 valence electrons. The maximum Gasteiger partial charge on any atom is 0.417 e. The van der Waals surface area contributed by atoms with Gasteiger partial charge in [0.2, 0.25) is 5.88 Å². The van der Waals surface area contributed by atoms with Crippen LogP contribution in [0.5, 0.6) is 5.88 Å². The van der Waals surface area contributed by atoms with Crippen molar-refractivity contribution in [3.63, 3.8) is 0 Å². The van der Waals surface area contributed by atoms with E-state index in [-0.39, 0.29) is 28.8 Å². The number of carboxylic acids is 1. The molecular weight excluding hydrogens is 547 g/mol. The zero-order valence-corrected chi connectivity index (χ0v) is 22.0. The van der Waals surface area contributed by atoms with E-state index in [0.29, 0.717) is 44.1 Å².